The molecule has 1 N–H and O–H groups in total. The van der Waals surface area contributed by atoms with Crippen molar-refractivity contribution in [3.8, 4) is 0 Å². The first-order chi connectivity index (χ1) is 13.0. The number of thioether (sulfide) groups is 1. The number of anilines is 1. The van der Waals surface area contributed by atoms with Crippen LogP contribution in [-0.2, 0) is 24.7 Å². The number of hydrogen-bond donors (Lipinski definition) is 1. The van der Waals surface area contributed by atoms with E-state index in [4.69, 9.17) is 0 Å². The van der Waals surface area contributed by atoms with Crippen molar-refractivity contribution in [2.24, 2.45) is 7.05 Å². The minimum atomic E-state index is -0.0409. The first-order valence-electron chi connectivity index (χ1n) is 8.95. The summed E-state index contributed by atoms with van der Waals surface area (Å²) in [5.41, 5.74) is 4.38. The van der Waals surface area contributed by atoms with E-state index in [1.54, 1.807) is 0 Å². The maximum Gasteiger partial charge on any atom is 0.234 e. The molecule has 0 spiro atoms. The van der Waals surface area contributed by atoms with E-state index in [1.165, 1.54) is 22.9 Å². The van der Waals surface area contributed by atoms with E-state index in [9.17, 15) is 4.79 Å². The van der Waals surface area contributed by atoms with Crippen LogP contribution in [0.1, 0.15) is 22.5 Å². The van der Waals surface area contributed by atoms with Crippen molar-refractivity contribution >= 4 is 23.4 Å². The second kappa shape index (κ2) is 8.86. The van der Waals surface area contributed by atoms with Gasteiger partial charge in [-0.05, 0) is 37.5 Å². The summed E-state index contributed by atoms with van der Waals surface area (Å²) in [6.07, 6.45) is 1.74. The molecular weight excluding hydrogens is 356 g/mol. The summed E-state index contributed by atoms with van der Waals surface area (Å²) < 4.78 is 1.97. The first-order valence-corrected chi connectivity index (χ1v) is 9.93. The molecule has 1 heterocycles. The summed E-state index contributed by atoms with van der Waals surface area (Å²) >= 11 is 1.40. The van der Waals surface area contributed by atoms with Crippen LogP contribution in [0.5, 0.6) is 0 Å². The second-order valence-electron chi connectivity index (χ2n) is 6.60. The maximum absolute atomic E-state index is 12.3. The molecule has 27 heavy (non-hydrogen) atoms. The number of hydrogen-bond acceptors (Lipinski definition) is 4. The van der Waals surface area contributed by atoms with Crippen molar-refractivity contribution in [2.45, 2.75) is 31.8 Å². The van der Waals surface area contributed by atoms with Gasteiger partial charge in [0.25, 0.3) is 0 Å². The molecule has 0 bridgehead atoms. The molecule has 0 aliphatic carbocycles. The van der Waals surface area contributed by atoms with Crippen molar-refractivity contribution in [3.05, 3.63) is 71.0 Å². The van der Waals surface area contributed by atoms with Crippen LogP contribution >= 0.6 is 11.8 Å². The quantitative estimate of drug-likeness (QED) is 0.631. The largest absolute Gasteiger partial charge is 0.325 e. The number of carbonyl (C=O) groups excluding carboxylic acids is 1. The zero-order valence-corrected chi connectivity index (χ0v) is 16.7. The van der Waals surface area contributed by atoms with Crippen LogP contribution in [0.3, 0.4) is 0 Å². The van der Waals surface area contributed by atoms with Crippen molar-refractivity contribution in [1.82, 2.24) is 14.8 Å². The van der Waals surface area contributed by atoms with Gasteiger partial charge >= 0.3 is 0 Å². The predicted octanol–water partition coefficient (Wildman–Crippen LogP) is 3.95. The van der Waals surface area contributed by atoms with Gasteiger partial charge < -0.3 is 9.88 Å². The van der Waals surface area contributed by atoms with Crippen LogP contribution in [0.2, 0.25) is 0 Å². The summed E-state index contributed by atoms with van der Waals surface area (Å²) in [6, 6.07) is 16.3. The van der Waals surface area contributed by atoms with E-state index in [1.807, 2.05) is 55.8 Å². The number of benzene rings is 2. The lowest BCUT2D eigenvalue weighted by Crippen LogP contribution is -2.15. The average molecular weight is 381 g/mol. The minimum absolute atomic E-state index is 0.0409. The Morgan fingerprint density at radius 1 is 1.07 bits per heavy atom. The third-order valence-corrected chi connectivity index (χ3v) is 5.41. The Morgan fingerprint density at radius 3 is 2.59 bits per heavy atom. The zero-order chi connectivity index (χ0) is 19.2. The molecule has 140 valence electrons. The molecule has 0 atom stereocenters. The standard InChI is InChI=1S/C21H24N4OS/c1-15-9-11-18(16(2)13-15)22-20(26)14-27-21-24-23-19(25(21)3)12-10-17-7-5-4-6-8-17/h4-9,11,13H,10,12,14H2,1-3H3,(H,22,26). The molecule has 6 heteroatoms. The van der Waals surface area contributed by atoms with Gasteiger partial charge in [-0.1, -0.05) is 59.8 Å². The molecule has 0 fully saturated rings. The molecule has 3 aromatic rings. The molecule has 0 aliphatic rings. The van der Waals surface area contributed by atoms with E-state index in [0.29, 0.717) is 5.75 Å². The minimum Gasteiger partial charge on any atom is -0.325 e. The summed E-state index contributed by atoms with van der Waals surface area (Å²) in [6.45, 7) is 4.04. The topological polar surface area (TPSA) is 59.8 Å². The first kappa shape index (κ1) is 19.2. The molecule has 1 aromatic heterocycles. The van der Waals surface area contributed by atoms with Gasteiger partial charge in [-0.15, -0.1) is 10.2 Å². The van der Waals surface area contributed by atoms with E-state index >= 15 is 0 Å². The van der Waals surface area contributed by atoms with Crippen molar-refractivity contribution in [2.75, 3.05) is 11.1 Å². The molecule has 0 unspecified atom stereocenters. The lowest BCUT2D eigenvalue weighted by atomic mass is 10.1. The highest BCUT2D eigenvalue weighted by molar-refractivity contribution is 7.99. The summed E-state index contributed by atoms with van der Waals surface area (Å²) in [5, 5.41) is 12.2. The fraction of sp³-hybridized carbons (Fsp3) is 0.286. The SMILES string of the molecule is Cc1ccc(NC(=O)CSc2nnc(CCc3ccccc3)n2C)c(C)c1. The van der Waals surface area contributed by atoms with Gasteiger partial charge in [-0.25, -0.2) is 0 Å². The van der Waals surface area contributed by atoms with Crippen molar-refractivity contribution in [3.63, 3.8) is 0 Å². The number of rotatable bonds is 7. The average Bonchev–Trinajstić information content (AvgIpc) is 3.01. The normalized spacial score (nSPS) is 10.8. The highest BCUT2D eigenvalue weighted by Gasteiger charge is 2.12. The second-order valence-corrected chi connectivity index (χ2v) is 7.54. The molecule has 0 radical (unpaired) electrons. The predicted molar refractivity (Wildman–Crippen MR) is 110 cm³/mol. The molecule has 1 amide bonds. The van der Waals surface area contributed by atoms with Gasteiger partial charge in [0.1, 0.15) is 5.82 Å². The van der Waals surface area contributed by atoms with Gasteiger partial charge in [-0.3, -0.25) is 4.79 Å². The lowest BCUT2D eigenvalue weighted by Gasteiger charge is -2.09. The molecule has 3 rings (SSSR count). The van der Waals surface area contributed by atoms with Gasteiger partial charge in [-0.2, -0.15) is 0 Å². The summed E-state index contributed by atoms with van der Waals surface area (Å²) in [4.78, 5) is 12.3. The molecule has 0 saturated carbocycles. The van der Waals surface area contributed by atoms with Crippen LogP contribution in [0.25, 0.3) is 0 Å². The van der Waals surface area contributed by atoms with Crippen LogP contribution in [-0.4, -0.2) is 26.4 Å². The van der Waals surface area contributed by atoms with E-state index < -0.39 is 0 Å². The Bertz CT molecular complexity index is 921. The molecule has 0 saturated heterocycles. The maximum atomic E-state index is 12.3. The highest BCUT2D eigenvalue weighted by atomic mass is 32.2. The van der Waals surface area contributed by atoms with Crippen molar-refractivity contribution in [1.29, 1.82) is 0 Å². The van der Waals surface area contributed by atoms with Gasteiger partial charge in [0.2, 0.25) is 5.91 Å². The van der Waals surface area contributed by atoms with Crippen molar-refractivity contribution < 1.29 is 4.79 Å². The smallest absolute Gasteiger partial charge is 0.234 e. The lowest BCUT2D eigenvalue weighted by molar-refractivity contribution is -0.113. The molecule has 0 aliphatic heterocycles. The summed E-state index contributed by atoms with van der Waals surface area (Å²) in [5.74, 6) is 1.19. The number of aromatic nitrogens is 3. The van der Waals surface area contributed by atoms with Gasteiger partial charge in [0.05, 0.1) is 5.75 Å². The van der Waals surface area contributed by atoms with Gasteiger partial charge in [0.15, 0.2) is 5.16 Å². The third kappa shape index (κ3) is 5.20. The van der Waals surface area contributed by atoms with E-state index in [-0.39, 0.29) is 5.91 Å². The molecular formula is C21H24N4OS. The fourth-order valence-corrected chi connectivity index (χ4v) is 3.59. The molecule has 2 aromatic carbocycles. The number of amides is 1. The number of carbonyl (C=O) groups is 1. The number of nitrogens with zero attached hydrogens (tertiary/aromatic N) is 3. The molecule has 5 nitrogen and oxygen atoms in total. The number of aryl methyl sites for hydroxylation is 4. The Morgan fingerprint density at radius 2 is 1.85 bits per heavy atom. The Hall–Kier alpha value is -2.60. The van der Waals surface area contributed by atoms with E-state index in [0.717, 1.165) is 35.1 Å². The Balaban J connectivity index is 1.53. The third-order valence-electron chi connectivity index (χ3n) is 4.39. The van der Waals surface area contributed by atoms with Crippen LogP contribution < -0.4 is 5.32 Å². The number of nitrogens with one attached hydrogen (secondary N) is 1. The van der Waals surface area contributed by atoms with Crippen LogP contribution in [0.4, 0.5) is 5.69 Å². The Kier molecular flexibility index (Phi) is 6.29. The summed E-state index contributed by atoms with van der Waals surface area (Å²) in [7, 11) is 1.95. The highest BCUT2D eigenvalue weighted by Crippen LogP contribution is 2.19. The fourth-order valence-electron chi connectivity index (χ4n) is 2.86. The van der Waals surface area contributed by atoms with E-state index in [2.05, 4.69) is 33.7 Å². The van der Waals surface area contributed by atoms with Gasteiger partial charge in [0, 0.05) is 19.2 Å². The van der Waals surface area contributed by atoms with Crippen LogP contribution in [0, 0.1) is 13.8 Å². The Labute approximate surface area is 164 Å². The monoisotopic (exact) mass is 380 g/mol. The zero-order valence-electron chi connectivity index (χ0n) is 15.9. The van der Waals surface area contributed by atoms with Crippen LogP contribution in [0.15, 0.2) is 53.7 Å².